The van der Waals surface area contributed by atoms with Gasteiger partial charge >= 0.3 is 0 Å². The molecule has 6 heteroatoms. The molecule has 2 aromatic heterocycles. The molecule has 0 amide bonds. The Balaban J connectivity index is 2.53. The number of anilines is 2. The second-order valence-corrected chi connectivity index (χ2v) is 2.48. The first-order chi connectivity index (χ1) is 6.29. The van der Waals surface area contributed by atoms with Crippen molar-refractivity contribution in [1.29, 1.82) is 0 Å². The lowest BCUT2D eigenvalue weighted by molar-refractivity contribution is 0.823. The van der Waals surface area contributed by atoms with Crippen LogP contribution in [0.2, 0.25) is 0 Å². The van der Waals surface area contributed by atoms with Gasteiger partial charge in [0.25, 0.3) is 0 Å². The highest BCUT2D eigenvalue weighted by molar-refractivity contribution is 5.59. The number of aromatic nitrogens is 4. The van der Waals surface area contributed by atoms with Gasteiger partial charge in [0, 0.05) is 6.20 Å². The van der Waals surface area contributed by atoms with Crippen LogP contribution in [0.25, 0.3) is 5.82 Å². The third-order valence-electron chi connectivity index (χ3n) is 1.61. The summed E-state index contributed by atoms with van der Waals surface area (Å²) in [6, 6.07) is 3.50. The fraction of sp³-hybridized carbons (Fsp3) is 0. The molecule has 0 atom stereocenters. The molecule has 0 bridgehead atoms. The fourth-order valence-electron chi connectivity index (χ4n) is 0.959. The number of nitrogen functional groups attached to an aromatic ring is 2. The summed E-state index contributed by atoms with van der Waals surface area (Å²) in [4.78, 5) is 0. The third kappa shape index (κ3) is 1.18. The highest BCUT2D eigenvalue weighted by Gasteiger charge is 2.06. The highest BCUT2D eigenvalue weighted by atomic mass is 15.4. The topological polar surface area (TPSA) is 95.6 Å². The molecule has 6 nitrogen and oxygen atoms in total. The van der Waals surface area contributed by atoms with E-state index in [1.807, 2.05) is 0 Å². The maximum atomic E-state index is 5.64. The third-order valence-corrected chi connectivity index (χ3v) is 1.61. The minimum absolute atomic E-state index is 0.375. The molecule has 13 heavy (non-hydrogen) atoms. The van der Waals surface area contributed by atoms with Gasteiger partial charge in [-0.1, -0.05) is 0 Å². The van der Waals surface area contributed by atoms with Gasteiger partial charge in [0.05, 0.1) is 11.9 Å². The number of nitrogens with zero attached hydrogens (tertiary/aromatic N) is 4. The molecule has 0 radical (unpaired) electrons. The van der Waals surface area contributed by atoms with Gasteiger partial charge in [0.15, 0.2) is 11.6 Å². The van der Waals surface area contributed by atoms with Gasteiger partial charge < -0.3 is 11.5 Å². The predicted molar refractivity (Wildman–Crippen MR) is 48.0 cm³/mol. The Morgan fingerprint density at radius 1 is 1.31 bits per heavy atom. The predicted octanol–water partition coefficient (Wildman–Crippen LogP) is -0.173. The highest BCUT2D eigenvalue weighted by Crippen LogP contribution is 2.15. The lowest BCUT2D eigenvalue weighted by Gasteiger charge is -2.00. The van der Waals surface area contributed by atoms with Crippen LogP contribution < -0.4 is 11.5 Å². The van der Waals surface area contributed by atoms with Crippen molar-refractivity contribution in [3.05, 3.63) is 24.5 Å². The van der Waals surface area contributed by atoms with Crippen LogP contribution in [0.4, 0.5) is 11.5 Å². The van der Waals surface area contributed by atoms with Crippen molar-refractivity contribution in [1.82, 2.24) is 20.0 Å². The molecule has 0 aliphatic heterocycles. The summed E-state index contributed by atoms with van der Waals surface area (Å²) in [6.07, 6.45) is 3.05. The second-order valence-electron chi connectivity index (χ2n) is 2.48. The van der Waals surface area contributed by atoms with E-state index in [0.717, 1.165) is 0 Å². The van der Waals surface area contributed by atoms with Crippen LogP contribution in [0, 0.1) is 0 Å². The van der Waals surface area contributed by atoms with Crippen LogP contribution in [-0.2, 0) is 0 Å². The Hall–Kier alpha value is -2.11. The molecule has 2 aromatic rings. The van der Waals surface area contributed by atoms with Crippen molar-refractivity contribution < 1.29 is 0 Å². The zero-order valence-corrected chi connectivity index (χ0v) is 6.75. The second kappa shape index (κ2) is 2.74. The van der Waals surface area contributed by atoms with E-state index < -0.39 is 0 Å². The van der Waals surface area contributed by atoms with Gasteiger partial charge in [-0.15, -0.1) is 5.10 Å². The zero-order chi connectivity index (χ0) is 9.26. The van der Waals surface area contributed by atoms with Crippen molar-refractivity contribution in [3.63, 3.8) is 0 Å². The molecule has 0 saturated heterocycles. The van der Waals surface area contributed by atoms with E-state index in [4.69, 9.17) is 11.5 Å². The standard InChI is InChI=1S/C7H8N6/c8-5-4-11-13(7(5)9)6-2-1-3-10-12-6/h1-4H,8-9H2. The Labute approximate surface area is 74.2 Å². The van der Waals surface area contributed by atoms with Crippen molar-refractivity contribution >= 4 is 11.5 Å². The van der Waals surface area contributed by atoms with Crippen LogP contribution >= 0.6 is 0 Å². The lowest BCUT2D eigenvalue weighted by atomic mass is 10.5. The number of nitrogens with two attached hydrogens (primary N) is 2. The van der Waals surface area contributed by atoms with Crippen LogP contribution in [0.15, 0.2) is 24.5 Å². The Morgan fingerprint density at radius 3 is 2.69 bits per heavy atom. The molecule has 66 valence electrons. The molecule has 2 rings (SSSR count). The molecule has 0 aliphatic carbocycles. The van der Waals surface area contributed by atoms with Gasteiger partial charge in [-0.25, -0.2) is 0 Å². The van der Waals surface area contributed by atoms with E-state index in [-0.39, 0.29) is 0 Å². The van der Waals surface area contributed by atoms with E-state index in [9.17, 15) is 0 Å². The van der Waals surface area contributed by atoms with E-state index >= 15 is 0 Å². The quantitative estimate of drug-likeness (QED) is 0.628. The Morgan fingerprint density at radius 2 is 2.15 bits per heavy atom. The molecular formula is C7H8N6. The largest absolute Gasteiger partial charge is 0.394 e. The molecule has 0 unspecified atom stereocenters. The van der Waals surface area contributed by atoms with E-state index in [2.05, 4.69) is 15.3 Å². The normalized spacial score (nSPS) is 10.2. The van der Waals surface area contributed by atoms with Crippen molar-refractivity contribution in [2.75, 3.05) is 11.5 Å². The van der Waals surface area contributed by atoms with E-state index in [0.29, 0.717) is 17.3 Å². The number of hydrogen-bond acceptors (Lipinski definition) is 5. The van der Waals surface area contributed by atoms with Crippen molar-refractivity contribution in [2.45, 2.75) is 0 Å². The van der Waals surface area contributed by atoms with Gasteiger partial charge in [0.2, 0.25) is 0 Å². The maximum Gasteiger partial charge on any atom is 0.178 e. The number of rotatable bonds is 1. The van der Waals surface area contributed by atoms with Gasteiger partial charge in [-0.2, -0.15) is 14.9 Å². The average molecular weight is 176 g/mol. The summed E-state index contributed by atoms with van der Waals surface area (Å²) in [7, 11) is 0. The summed E-state index contributed by atoms with van der Waals surface area (Å²) in [5, 5.41) is 11.5. The first-order valence-corrected chi connectivity index (χ1v) is 3.66. The van der Waals surface area contributed by atoms with Crippen LogP contribution in [0.3, 0.4) is 0 Å². The van der Waals surface area contributed by atoms with Crippen LogP contribution in [0.5, 0.6) is 0 Å². The lowest BCUT2D eigenvalue weighted by Crippen LogP contribution is -2.05. The van der Waals surface area contributed by atoms with Crippen molar-refractivity contribution in [3.8, 4) is 5.82 Å². The summed E-state index contributed by atoms with van der Waals surface area (Å²) in [5.41, 5.74) is 11.6. The monoisotopic (exact) mass is 176 g/mol. The van der Waals surface area contributed by atoms with Crippen molar-refractivity contribution in [2.24, 2.45) is 0 Å². The molecular weight excluding hydrogens is 168 g/mol. The van der Waals surface area contributed by atoms with Crippen LogP contribution in [-0.4, -0.2) is 20.0 Å². The number of hydrogen-bond donors (Lipinski definition) is 2. The first kappa shape index (κ1) is 7.53. The van der Waals surface area contributed by atoms with Crippen LogP contribution in [0.1, 0.15) is 0 Å². The summed E-state index contributed by atoms with van der Waals surface area (Å²) in [5.74, 6) is 0.928. The molecule has 0 saturated carbocycles. The van der Waals surface area contributed by atoms with Gasteiger partial charge in [-0.3, -0.25) is 0 Å². The molecule has 0 aliphatic rings. The van der Waals surface area contributed by atoms with Gasteiger partial charge in [0.1, 0.15) is 0 Å². The zero-order valence-electron chi connectivity index (χ0n) is 6.75. The summed E-state index contributed by atoms with van der Waals surface area (Å²) >= 11 is 0. The van der Waals surface area contributed by atoms with E-state index in [1.165, 1.54) is 10.9 Å². The minimum Gasteiger partial charge on any atom is -0.394 e. The Bertz CT molecular complexity index is 406. The molecule has 0 fully saturated rings. The summed E-state index contributed by atoms with van der Waals surface area (Å²) in [6.45, 7) is 0. The van der Waals surface area contributed by atoms with Gasteiger partial charge in [-0.05, 0) is 12.1 Å². The molecule has 2 heterocycles. The SMILES string of the molecule is Nc1cnn(-c2cccnn2)c1N. The smallest absolute Gasteiger partial charge is 0.178 e. The molecule has 0 spiro atoms. The first-order valence-electron chi connectivity index (χ1n) is 3.66. The Kier molecular flexibility index (Phi) is 1.59. The average Bonchev–Trinajstić information content (AvgIpc) is 2.49. The van der Waals surface area contributed by atoms with E-state index in [1.54, 1.807) is 18.3 Å². The molecule has 4 N–H and O–H groups in total. The fourth-order valence-corrected chi connectivity index (χ4v) is 0.959. The molecule has 0 aromatic carbocycles. The minimum atomic E-state index is 0.375. The summed E-state index contributed by atoms with van der Waals surface area (Å²) < 4.78 is 1.43. The maximum absolute atomic E-state index is 5.64.